The van der Waals surface area contributed by atoms with Gasteiger partial charge in [0.15, 0.2) is 0 Å². The van der Waals surface area contributed by atoms with Crippen LogP contribution in [0.3, 0.4) is 0 Å². The van der Waals surface area contributed by atoms with E-state index < -0.39 is 0 Å². The number of hydrogen-bond donors (Lipinski definition) is 0. The fourth-order valence-corrected chi connectivity index (χ4v) is 6.20. The normalized spacial score (nSPS) is 24.2. The van der Waals surface area contributed by atoms with E-state index in [2.05, 4.69) is 98.9 Å². The van der Waals surface area contributed by atoms with Gasteiger partial charge in [-0.05, 0) is 60.0 Å². The standard InChI is InChI=1S/C28H32BN/c1-5-6-7-12-22-18-27-28-23(14-10-15-25(22)28)20(4)30(19(2)3)29(27)26-17-16-21-11-8-9-13-24(21)26/h5,8-11,13-20,22,26H,1,6-7,12H2,2-4H3. The van der Waals surface area contributed by atoms with Crippen molar-refractivity contribution in [3.8, 4) is 0 Å². The van der Waals surface area contributed by atoms with Crippen molar-refractivity contribution in [2.45, 2.75) is 63.9 Å². The Morgan fingerprint density at radius 2 is 1.83 bits per heavy atom. The van der Waals surface area contributed by atoms with Crippen LogP contribution in [0.4, 0.5) is 0 Å². The molecule has 0 N–H and O–H groups in total. The molecule has 3 unspecified atom stereocenters. The number of fused-ring (bicyclic) bond motifs is 1. The topological polar surface area (TPSA) is 3.24 Å². The summed E-state index contributed by atoms with van der Waals surface area (Å²) >= 11 is 0. The van der Waals surface area contributed by atoms with Gasteiger partial charge >= 0.3 is 0 Å². The molecule has 2 heteroatoms. The molecule has 0 saturated heterocycles. The van der Waals surface area contributed by atoms with E-state index in [1.165, 1.54) is 29.5 Å². The van der Waals surface area contributed by atoms with Crippen molar-refractivity contribution in [1.82, 2.24) is 4.81 Å². The summed E-state index contributed by atoms with van der Waals surface area (Å²) in [5.41, 5.74) is 9.08. The summed E-state index contributed by atoms with van der Waals surface area (Å²) in [5, 5.41) is 0. The predicted octanol–water partition coefficient (Wildman–Crippen LogP) is 7.19. The second kappa shape index (κ2) is 7.74. The molecule has 1 nitrogen and oxygen atoms in total. The van der Waals surface area contributed by atoms with Crippen LogP contribution in [0.1, 0.15) is 85.6 Å². The molecular formula is C28H32BN. The molecule has 0 amide bonds. The highest BCUT2D eigenvalue weighted by molar-refractivity contribution is 6.79. The molecule has 2 aromatic carbocycles. The van der Waals surface area contributed by atoms with Crippen LogP contribution in [0.15, 0.2) is 67.3 Å². The number of benzene rings is 2. The van der Waals surface area contributed by atoms with Crippen LogP contribution in [0.2, 0.25) is 0 Å². The third-order valence-electron chi connectivity index (χ3n) is 7.43. The van der Waals surface area contributed by atoms with Gasteiger partial charge in [0.1, 0.15) is 0 Å². The van der Waals surface area contributed by atoms with E-state index >= 15 is 0 Å². The molecule has 5 rings (SSSR count). The van der Waals surface area contributed by atoms with Gasteiger partial charge in [-0.2, -0.15) is 0 Å². The molecule has 0 radical (unpaired) electrons. The molecule has 1 heterocycles. The quantitative estimate of drug-likeness (QED) is 0.285. The largest absolute Gasteiger partial charge is 0.329 e. The summed E-state index contributed by atoms with van der Waals surface area (Å²) < 4.78 is 0. The van der Waals surface area contributed by atoms with Crippen LogP contribution in [0, 0.1) is 0 Å². The van der Waals surface area contributed by atoms with E-state index in [-0.39, 0.29) is 0 Å². The van der Waals surface area contributed by atoms with Gasteiger partial charge in [0.25, 0.3) is 6.85 Å². The Kier molecular flexibility index (Phi) is 5.07. The minimum Gasteiger partial charge on any atom is -0.329 e. The molecule has 0 aromatic heterocycles. The maximum absolute atomic E-state index is 3.92. The van der Waals surface area contributed by atoms with Gasteiger partial charge in [-0.1, -0.05) is 86.1 Å². The van der Waals surface area contributed by atoms with Crippen molar-refractivity contribution in [1.29, 1.82) is 0 Å². The van der Waals surface area contributed by atoms with Crippen LogP contribution in [0.25, 0.3) is 11.5 Å². The lowest BCUT2D eigenvalue weighted by molar-refractivity contribution is 0.288. The molecule has 3 atom stereocenters. The number of unbranched alkanes of at least 4 members (excludes halogenated alkanes) is 1. The van der Waals surface area contributed by atoms with Crippen molar-refractivity contribution >= 4 is 18.4 Å². The molecule has 2 aliphatic carbocycles. The third-order valence-corrected chi connectivity index (χ3v) is 7.43. The van der Waals surface area contributed by atoms with E-state index in [0.717, 1.165) is 6.42 Å². The van der Waals surface area contributed by atoms with Crippen LogP contribution < -0.4 is 0 Å². The molecule has 30 heavy (non-hydrogen) atoms. The summed E-state index contributed by atoms with van der Waals surface area (Å²) in [6.45, 7) is 11.5. The summed E-state index contributed by atoms with van der Waals surface area (Å²) in [6, 6.07) is 16.9. The Hall–Kier alpha value is -2.32. The maximum atomic E-state index is 3.92. The van der Waals surface area contributed by atoms with Crippen molar-refractivity contribution in [2.24, 2.45) is 0 Å². The van der Waals surface area contributed by atoms with Gasteiger partial charge in [-0.25, -0.2) is 0 Å². The zero-order valence-electron chi connectivity index (χ0n) is 18.5. The van der Waals surface area contributed by atoms with Gasteiger partial charge in [-0.3, -0.25) is 0 Å². The lowest BCUT2D eigenvalue weighted by Crippen LogP contribution is -2.52. The van der Waals surface area contributed by atoms with Crippen molar-refractivity contribution in [2.75, 3.05) is 0 Å². The lowest BCUT2D eigenvalue weighted by Gasteiger charge is -2.46. The average Bonchev–Trinajstić information content (AvgIpc) is 3.33. The van der Waals surface area contributed by atoms with Crippen LogP contribution in [0.5, 0.6) is 0 Å². The Bertz CT molecular complexity index is 1030. The number of allylic oxidation sites excluding steroid dienone is 3. The Morgan fingerprint density at radius 1 is 1.07 bits per heavy atom. The lowest BCUT2D eigenvalue weighted by atomic mass is 9.40. The van der Waals surface area contributed by atoms with Gasteiger partial charge in [0, 0.05) is 17.8 Å². The fourth-order valence-electron chi connectivity index (χ4n) is 6.20. The monoisotopic (exact) mass is 393 g/mol. The molecule has 0 fully saturated rings. The van der Waals surface area contributed by atoms with Gasteiger partial charge in [0.05, 0.1) is 0 Å². The first-order chi connectivity index (χ1) is 14.6. The number of hydrogen-bond acceptors (Lipinski definition) is 1. The highest BCUT2D eigenvalue weighted by Gasteiger charge is 2.47. The van der Waals surface area contributed by atoms with Crippen LogP contribution in [-0.2, 0) is 0 Å². The summed E-state index contributed by atoms with van der Waals surface area (Å²) in [4.78, 5) is 2.77. The van der Waals surface area contributed by atoms with E-state index in [9.17, 15) is 0 Å². The first kappa shape index (κ1) is 19.6. The smallest absolute Gasteiger partial charge is 0.270 e. The first-order valence-electron chi connectivity index (χ1n) is 11.6. The zero-order valence-corrected chi connectivity index (χ0v) is 18.5. The van der Waals surface area contributed by atoms with Crippen LogP contribution in [-0.4, -0.2) is 17.7 Å². The van der Waals surface area contributed by atoms with Crippen LogP contribution >= 0.6 is 0 Å². The molecule has 0 saturated carbocycles. The number of nitrogens with zero attached hydrogens (tertiary/aromatic N) is 1. The Balaban J connectivity index is 1.64. The van der Waals surface area contributed by atoms with E-state index in [0.29, 0.717) is 30.7 Å². The Labute approximate surface area is 182 Å². The minimum atomic E-state index is 0.401. The van der Waals surface area contributed by atoms with Crippen molar-refractivity contribution < 1.29 is 0 Å². The Morgan fingerprint density at radius 3 is 2.63 bits per heavy atom. The molecule has 0 spiro atoms. The second-order valence-corrected chi connectivity index (χ2v) is 9.44. The maximum Gasteiger partial charge on any atom is 0.270 e. The predicted molar refractivity (Wildman–Crippen MR) is 131 cm³/mol. The third kappa shape index (κ3) is 2.96. The molecule has 0 bridgehead atoms. The highest BCUT2D eigenvalue weighted by Crippen LogP contribution is 2.52. The SMILES string of the molecule is C=CCCCC1C=C2B(C3C=Cc4ccccc43)N(C(C)C)C(C)c3cccc1c32. The van der Waals surface area contributed by atoms with Gasteiger partial charge < -0.3 is 4.81 Å². The summed E-state index contributed by atoms with van der Waals surface area (Å²) in [7, 11) is 0. The highest BCUT2D eigenvalue weighted by atomic mass is 15.1. The van der Waals surface area contributed by atoms with Crippen molar-refractivity contribution in [3.05, 3.63) is 95.1 Å². The molecule has 1 aliphatic heterocycles. The number of rotatable bonds is 6. The summed E-state index contributed by atoms with van der Waals surface area (Å²) in [5.74, 6) is 0.961. The average molecular weight is 393 g/mol. The van der Waals surface area contributed by atoms with Gasteiger partial charge in [-0.15, -0.1) is 6.58 Å². The summed E-state index contributed by atoms with van der Waals surface area (Å²) in [6.07, 6.45) is 13.0. The fraction of sp³-hybridized carbons (Fsp3) is 0.357. The molecule has 152 valence electrons. The van der Waals surface area contributed by atoms with E-state index in [4.69, 9.17) is 0 Å². The molecule has 3 aliphatic rings. The molecular weight excluding hydrogens is 361 g/mol. The van der Waals surface area contributed by atoms with E-state index in [1.54, 1.807) is 16.6 Å². The second-order valence-electron chi connectivity index (χ2n) is 9.44. The van der Waals surface area contributed by atoms with E-state index in [1.807, 2.05) is 0 Å². The zero-order chi connectivity index (χ0) is 20.8. The minimum absolute atomic E-state index is 0.401. The first-order valence-corrected chi connectivity index (χ1v) is 11.6. The van der Waals surface area contributed by atoms with Gasteiger partial charge in [0.2, 0.25) is 0 Å². The van der Waals surface area contributed by atoms with Crippen molar-refractivity contribution in [3.63, 3.8) is 0 Å². The molecule has 2 aromatic rings.